The molecule has 1 saturated heterocycles. The third kappa shape index (κ3) is 5.49. The molecule has 2 amide bonds. The lowest BCUT2D eigenvalue weighted by Gasteiger charge is -2.25. The Balaban J connectivity index is 1.45. The van der Waals surface area contributed by atoms with Crippen LogP contribution in [0.2, 0.25) is 0 Å². The van der Waals surface area contributed by atoms with Gasteiger partial charge < -0.3 is 24.0 Å². The molecule has 1 aromatic carbocycles. The molecule has 8 heteroatoms. The summed E-state index contributed by atoms with van der Waals surface area (Å²) in [5.74, 6) is 0.346. The maximum absolute atomic E-state index is 13.4. The van der Waals surface area contributed by atoms with Crippen LogP contribution in [0.25, 0.3) is 0 Å². The molecular formula is C25H34N2O6. The number of ether oxygens (including phenoxy) is 3. The Morgan fingerprint density at radius 2 is 1.94 bits per heavy atom. The smallest absolute Gasteiger partial charge is 0.307 e. The summed E-state index contributed by atoms with van der Waals surface area (Å²) in [6.07, 6.45) is 5.33. The second-order valence-corrected chi connectivity index (χ2v) is 9.50. The van der Waals surface area contributed by atoms with Crippen molar-refractivity contribution in [3.8, 4) is 5.75 Å². The van der Waals surface area contributed by atoms with Gasteiger partial charge in [-0.25, -0.2) is 0 Å². The Labute approximate surface area is 195 Å². The standard InChI is InChI=1S/C25H34N2O6/c1-31-19-7-5-6-18(12-19)17-33-20-14-26(11-8-23(29)32-2)22(28)16-27(15-20)24(30)21-13-25(21)9-3-4-10-25/h5-7,12,20-21H,3-4,8-11,13-17H2,1-2H3. The zero-order chi connectivity index (χ0) is 23.4. The van der Waals surface area contributed by atoms with E-state index in [9.17, 15) is 14.4 Å². The lowest BCUT2D eigenvalue weighted by molar-refractivity contribution is -0.143. The van der Waals surface area contributed by atoms with Crippen LogP contribution in [-0.2, 0) is 30.5 Å². The van der Waals surface area contributed by atoms with E-state index in [1.54, 1.807) is 16.9 Å². The monoisotopic (exact) mass is 458 g/mol. The first kappa shape index (κ1) is 23.5. The molecule has 33 heavy (non-hydrogen) atoms. The first-order valence-corrected chi connectivity index (χ1v) is 11.8. The van der Waals surface area contributed by atoms with Crippen molar-refractivity contribution in [1.82, 2.24) is 9.80 Å². The maximum atomic E-state index is 13.4. The minimum absolute atomic E-state index is 0.0333. The fraction of sp³-hybridized carbons (Fsp3) is 0.640. The minimum Gasteiger partial charge on any atom is -0.497 e. The Hall–Kier alpha value is -2.61. The molecule has 2 atom stereocenters. The van der Waals surface area contributed by atoms with E-state index < -0.39 is 0 Å². The number of hydrogen-bond acceptors (Lipinski definition) is 6. The summed E-state index contributed by atoms with van der Waals surface area (Å²) in [5, 5.41) is 0. The van der Waals surface area contributed by atoms with Crippen molar-refractivity contribution in [3.63, 3.8) is 0 Å². The molecule has 3 aliphatic rings. The molecule has 1 aromatic rings. The van der Waals surface area contributed by atoms with Crippen molar-refractivity contribution in [2.75, 3.05) is 40.4 Å². The van der Waals surface area contributed by atoms with Crippen LogP contribution in [-0.4, -0.2) is 74.1 Å². The Bertz CT molecular complexity index is 881. The van der Waals surface area contributed by atoms with Crippen molar-refractivity contribution in [1.29, 1.82) is 0 Å². The van der Waals surface area contributed by atoms with Crippen molar-refractivity contribution in [2.45, 2.75) is 51.2 Å². The van der Waals surface area contributed by atoms with Gasteiger partial charge in [0.2, 0.25) is 11.8 Å². The molecule has 1 spiro atoms. The Morgan fingerprint density at radius 3 is 2.67 bits per heavy atom. The number of hydrogen-bond donors (Lipinski definition) is 0. The molecule has 2 aliphatic carbocycles. The predicted molar refractivity (Wildman–Crippen MR) is 120 cm³/mol. The lowest BCUT2D eigenvalue weighted by atomic mass is 10.0. The van der Waals surface area contributed by atoms with Crippen LogP contribution in [0, 0.1) is 11.3 Å². The Morgan fingerprint density at radius 1 is 1.15 bits per heavy atom. The molecule has 8 nitrogen and oxygen atoms in total. The third-order valence-corrected chi connectivity index (χ3v) is 7.36. The van der Waals surface area contributed by atoms with Gasteiger partial charge in [0.25, 0.3) is 0 Å². The maximum Gasteiger partial charge on any atom is 0.307 e. The molecule has 1 heterocycles. The molecule has 3 fully saturated rings. The van der Waals surface area contributed by atoms with Crippen molar-refractivity contribution in [2.24, 2.45) is 11.3 Å². The van der Waals surface area contributed by atoms with Crippen molar-refractivity contribution in [3.05, 3.63) is 29.8 Å². The van der Waals surface area contributed by atoms with E-state index in [2.05, 4.69) is 0 Å². The molecule has 0 bridgehead atoms. The van der Waals surface area contributed by atoms with E-state index in [0.717, 1.165) is 30.6 Å². The van der Waals surface area contributed by atoms with Gasteiger partial charge in [-0.05, 0) is 42.4 Å². The van der Waals surface area contributed by atoms with Crippen LogP contribution in [0.5, 0.6) is 5.75 Å². The van der Waals surface area contributed by atoms with Crippen molar-refractivity contribution >= 4 is 17.8 Å². The topological polar surface area (TPSA) is 85.4 Å². The molecule has 4 rings (SSSR count). The second-order valence-electron chi connectivity index (χ2n) is 9.50. The molecule has 2 saturated carbocycles. The molecule has 180 valence electrons. The SMILES string of the molecule is COC(=O)CCN1CC(OCc2cccc(OC)c2)CN(C(=O)C2CC23CCCC3)CC1=O. The highest BCUT2D eigenvalue weighted by Gasteiger charge is 2.59. The van der Waals surface area contributed by atoms with Crippen LogP contribution in [0.4, 0.5) is 0 Å². The van der Waals surface area contributed by atoms with Crippen LogP contribution >= 0.6 is 0 Å². The van der Waals surface area contributed by atoms with Gasteiger partial charge in [0.15, 0.2) is 0 Å². The second kappa shape index (κ2) is 10.1. The molecule has 2 unspecified atom stereocenters. The number of carbonyl (C=O) groups excluding carboxylic acids is 3. The molecule has 1 aliphatic heterocycles. The number of carbonyl (C=O) groups is 3. The molecule has 0 radical (unpaired) electrons. The van der Waals surface area contributed by atoms with Crippen LogP contribution in [0.3, 0.4) is 0 Å². The summed E-state index contributed by atoms with van der Waals surface area (Å²) in [6, 6.07) is 7.64. The third-order valence-electron chi connectivity index (χ3n) is 7.36. The van der Waals surface area contributed by atoms with E-state index in [4.69, 9.17) is 14.2 Å². The molecule has 0 N–H and O–H groups in total. The predicted octanol–water partition coefficient (Wildman–Crippen LogP) is 2.39. The van der Waals surface area contributed by atoms with E-state index in [-0.39, 0.29) is 54.7 Å². The van der Waals surface area contributed by atoms with E-state index in [0.29, 0.717) is 19.7 Å². The highest BCUT2D eigenvalue weighted by atomic mass is 16.5. The van der Waals surface area contributed by atoms with E-state index in [1.165, 1.54) is 20.0 Å². The number of nitrogens with zero attached hydrogens (tertiary/aromatic N) is 2. The normalized spacial score (nSPS) is 24.0. The number of esters is 1. The summed E-state index contributed by atoms with van der Waals surface area (Å²) in [7, 11) is 2.95. The highest BCUT2D eigenvalue weighted by molar-refractivity contribution is 5.88. The zero-order valence-electron chi connectivity index (χ0n) is 19.6. The van der Waals surface area contributed by atoms with Gasteiger partial charge in [0.1, 0.15) is 5.75 Å². The molecular weight excluding hydrogens is 424 g/mol. The lowest BCUT2D eigenvalue weighted by Crippen LogP contribution is -2.41. The van der Waals surface area contributed by atoms with Gasteiger partial charge in [-0.15, -0.1) is 0 Å². The van der Waals surface area contributed by atoms with Gasteiger partial charge in [-0.3, -0.25) is 14.4 Å². The van der Waals surface area contributed by atoms with Crippen LogP contribution < -0.4 is 4.74 Å². The fourth-order valence-corrected chi connectivity index (χ4v) is 5.32. The first-order valence-electron chi connectivity index (χ1n) is 11.8. The van der Waals surface area contributed by atoms with E-state index in [1.807, 2.05) is 24.3 Å². The fourth-order valence-electron chi connectivity index (χ4n) is 5.32. The first-order chi connectivity index (χ1) is 15.9. The summed E-state index contributed by atoms with van der Waals surface area (Å²) in [4.78, 5) is 41.3. The summed E-state index contributed by atoms with van der Waals surface area (Å²) < 4.78 is 16.2. The largest absolute Gasteiger partial charge is 0.497 e. The number of rotatable bonds is 8. The number of amides is 2. The zero-order valence-corrected chi connectivity index (χ0v) is 19.6. The summed E-state index contributed by atoms with van der Waals surface area (Å²) in [6.45, 7) is 1.33. The van der Waals surface area contributed by atoms with Gasteiger partial charge in [0, 0.05) is 25.6 Å². The van der Waals surface area contributed by atoms with Crippen molar-refractivity contribution < 1.29 is 28.6 Å². The van der Waals surface area contributed by atoms with Gasteiger partial charge in [0.05, 0.1) is 39.9 Å². The summed E-state index contributed by atoms with van der Waals surface area (Å²) in [5.41, 5.74) is 1.13. The van der Waals surface area contributed by atoms with E-state index >= 15 is 0 Å². The van der Waals surface area contributed by atoms with Gasteiger partial charge >= 0.3 is 5.97 Å². The minimum atomic E-state index is -0.366. The Kier molecular flexibility index (Phi) is 7.22. The van der Waals surface area contributed by atoms with Gasteiger partial charge in [-0.1, -0.05) is 25.0 Å². The number of methoxy groups -OCH3 is 2. The molecule has 0 aromatic heterocycles. The van der Waals surface area contributed by atoms with Crippen LogP contribution in [0.1, 0.15) is 44.1 Å². The average Bonchev–Trinajstić information content (AvgIpc) is 3.38. The van der Waals surface area contributed by atoms with Crippen LogP contribution in [0.15, 0.2) is 24.3 Å². The highest BCUT2D eigenvalue weighted by Crippen LogP contribution is 2.63. The van der Waals surface area contributed by atoms with Gasteiger partial charge in [-0.2, -0.15) is 0 Å². The summed E-state index contributed by atoms with van der Waals surface area (Å²) >= 11 is 0. The quantitative estimate of drug-likeness (QED) is 0.556. The average molecular weight is 459 g/mol. The number of benzene rings is 1.